The van der Waals surface area contributed by atoms with Gasteiger partial charge in [0.15, 0.2) is 0 Å². The molecule has 0 aliphatic heterocycles. The number of sulfone groups is 1. The Balaban J connectivity index is 2.03. The normalized spacial score (nSPS) is 11.4. The van der Waals surface area contributed by atoms with Crippen molar-refractivity contribution in [1.29, 1.82) is 0 Å². The maximum Gasteiger partial charge on any atom is 0.252 e. The molecular formula is C13H16ClN5O2S. The highest BCUT2D eigenvalue weighted by Gasteiger charge is 2.16. The lowest BCUT2D eigenvalue weighted by Gasteiger charge is -2.17. The van der Waals surface area contributed by atoms with Gasteiger partial charge in [0.2, 0.25) is 21.1 Å². The molecule has 0 aliphatic rings. The van der Waals surface area contributed by atoms with Gasteiger partial charge in [0.25, 0.3) is 5.16 Å². The SMILES string of the molecule is CN(CCCc1ccncc1)c1nc(Cl)nc(S(C)(=O)=O)n1. The second-order valence-corrected chi connectivity index (χ2v) is 7.09. The zero-order valence-corrected chi connectivity index (χ0v) is 13.8. The first-order valence-electron chi connectivity index (χ1n) is 6.58. The van der Waals surface area contributed by atoms with Crippen LogP contribution < -0.4 is 4.90 Å². The van der Waals surface area contributed by atoms with Crippen molar-refractivity contribution in [3.8, 4) is 0 Å². The molecule has 2 aromatic rings. The molecule has 0 spiro atoms. The molecule has 0 saturated heterocycles. The Morgan fingerprint density at radius 1 is 1.18 bits per heavy atom. The Bertz CT molecular complexity index is 739. The highest BCUT2D eigenvalue weighted by atomic mass is 35.5. The molecule has 0 fully saturated rings. The summed E-state index contributed by atoms with van der Waals surface area (Å²) in [5.41, 5.74) is 1.19. The summed E-state index contributed by atoms with van der Waals surface area (Å²) in [6.45, 7) is 0.659. The maximum atomic E-state index is 11.5. The predicted molar refractivity (Wildman–Crippen MR) is 83.8 cm³/mol. The van der Waals surface area contributed by atoms with E-state index in [2.05, 4.69) is 19.9 Å². The van der Waals surface area contributed by atoms with Crippen LogP contribution in [0.5, 0.6) is 0 Å². The lowest BCUT2D eigenvalue weighted by atomic mass is 10.1. The average Bonchev–Trinajstić information content (AvgIpc) is 2.46. The summed E-state index contributed by atoms with van der Waals surface area (Å²) in [4.78, 5) is 17.3. The van der Waals surface area contributed by atoms with Gasteiger partial charge in [-0.05, 0) is 42.1 Å². The summed E-state index contributed by atoms with van der Waals surface area (Å²) in [7, 11) is -1.74. The summed E-state index contributed by atoms with van der Waals surface area (Å²) in [6, 6.07) is 3.92. The molecule has 9 heteroatoms. The van der Waals surface area contributed by atoms with Gasteiger partial charge in [-0.25, -0.2) is 8.42 Å². The summed E-state index contributed by atoms with van der Waals surface area (Å²) in [5, 5.41) is -0.449. The second-order valence-electron chi connectivity index (χ2n) is 4.84. The molecule has 0 bridgehead atoms. The van der Waals surface area contributed by atoms with Gasteiger partial charge in [0.05, 0.1) is 0 Å². The van der Waals surface area contributed by atoms with Crippen LogP contribution in [0.4, 0.5) is 5.95 Å². The number of aryl methyl sites for hydroxylation is 1. The monoisotopic (exact) mass is 341 g/mol. The highest BCUT2D eigenvalue weighted by molar-refractivity contribution is 7.90. The van der Waals surface area contributed by atoms with Crippen molar-refractivity contribution in [3.63, 3.8) is 0 Å². The molecule has 22 heavy (non-hydrogen) atoms. The molecule has 0 aromatic carbocycles. The summed E-state index contributed by atoms with van der Waals surface area (Å²) >= 11 is 5.77. The zero-order valence-electron chi connectivity index (χ0n) is 12.3. The van der Waals surface area contributed by atoms with Gasteiger partial charge in [-0.1, -0.05) is 0 Å². The standard InChI is InChI=1S/C13H16ClN5O2S/c1-19(9-3-4-10-5-7-15-8-6-10)12-16-11(14)17-13(18-12)22(2,20)21/h5-8H,3-4,9H2,1-2H3. The quantitative estimate of drug-likeness (QED) is 0.784. The first-order chi connectivity index (χ1) is 10.4. The molecule has 0 amide bonds. The summed E-state index contributed by atoms with van der Waals surface area (Å²) in [5.74, 6) is 0.246. The number of rotatable bonds is 6. The van der Waals surface area contributed by atoms with Crippen molar-refractivity contribution in [3.05, 3.63) is 35.4 Å². The highest BCUT2D eigenvalue weighted by Crippen LogP contribution is 2.13. The van der Waals surface area contributed by atoms with Crippen molar-refractivity contribution >= 4 is 27.4 Å². The van der Waals surface area contributed by atoms with Gasteiger partial charge in [-0.3, -0.25) is 4.98 Å². The molecule has 0 radical (unpaired) electrons. The minimum absolute atomic E-state index is 0.133. The first-order valence-corrected chi connectivity index (χ1v) is 8.85. The zero-order chi connectivity index (χ0) is 16.2. The van der Waals surface area contributed by atoms with Crippen LogP contribution in [-0.4, -0.2) is 48.2 Å². The molecule has 2 heterocycles. The van der Waals surface area contributed by atoms with Crippen LogP contribution in [0, 0.1) is 0 Å². The Kier molecular flexibility index (Phi) is 5.25. The third-order valence-corrected chi connectivity index (χ3v) is 3.97. The first kappa shape index (κ1) is 16.6. The van der Waals surface area contributed by atoms with Crippen molar-refractivity contribution in [2.75, 3.05) is 24.7 Å². The topological polar surface area (TPSA) is 88.9 Å². The Labute approximate surface area is 134 Å². The van der Waals surface area contributed by atoms with Gasteiger partial charge in [0.1, 0.15) is 0 Å². The van der Waals surface area contributed by atoms with Gasteiger partial charge in [-0.15, -0.1) is 0 Å². The fourth-order valence-electron chi connectivity index (χ4n) is 1.83. The molecule has 2 aromatic heterocycles. The van der Waals surface area contributed by atoms with Gasteiger partial charge >= 0.3 is 0 Å². The average molecular weight is 342 g/mol. The van der Waals surface area contributed by atoms with Gasteiger partial charge in [0, 0.05) is 32.2 Å². The fraction of sp³-hybridized carbons (Fsp3) is 0.385. The van der Waals surface area contributed by atoms with E-state index in [1.807, 2.05) is 12.1 Å². The molecule has 0 saturated carbocycles. The molecule has 0 atom stereocenters. The number of hydrogen-bond donors (Lipinski definition) is 0. The van der Waals surface area contributed by atoms with E-state index in [0.717, 1.165) is 19.1 Å². The predicted octanol–water partition coefficient (Wildman–Crippen LogP) is 1.39. The number of aromatic nitrogens is 4. The van der Waals surface area contributed by atoms with Crippen LogP contribution in [0.1, 0.15) is 12.0 Å². The van der Waals surface area contributed by atoms with Crippen molar-refractivity contribution in [2.24, 2.45) is 0 Å². The minimum Gasteiger partial charge on any atom is -0.344 e. The minimum atomic E-state index is -3.53. The summed E-state index contributed by atoms with van der Waals surface area (Å²) < 4.78 is 23.0. The molecule has 2 rings (SSSR count). The largest absolute Gasteiger partial charge is 0.344 e. The lowest BCUT2D eigenvalue weighted by Crippen LogP contribution is -2.23. The van der Waals surface area contributed by atoms with E-state index >= 15 is 0 Å². The van der Waals surface area contributed by atoms with Crippen LogP contribution in [-0.2, 0) is 16.3 Å². The van der Waals surface area contributed by atoms with Crippen LogP contribution in [0.25, 0.3) is 0 Å². The second kappa shape index (κ2) is 6.97. The van der Waals surface area contributed by atoms with E-state index in [-0.39, 0.29) is 16.4 Å². The fourth-order valence-corrected chi connectivity index (χ4v) is 2.53. The Hall–Kier alpha value is -1.80. The molecule has 7 nitrogen and oxygen atoms in total. The van der Waals surface area contributed by atoms with Crippen molar-refractivity contribution < 1.29 is 8.42 Å². The molecule has 0 unspecified atom stereocenters. The smallest absolute Gasteiger partial charge is 0.252 e. The molecular weight excluding hydrogens is 326 g/mol. The maximum absolute atomic E-state index is 11.5. The van der Waals surface area contributed by atoms with Crippen LogP contribution in [0.3, 0.4) is 0 Å². The number of nitrogens with zero attached hydrogens (tertiary/aromatic N) is 5. The van der Waals surface area contributed by atoms with Crippen molar-refractivity contribution in [1.82, 2.24) is 19.9 Å². The third kappa shape index (κ3) is 4.60. The Morgan fingerprint density at radius 2 is 1.86 bits per heavy atom. The van der Waals surface area contributed by atoms with E-state index in [1.165, 1.54) is 5.56 Å². The number of hydrogen-bond acceptors (Lipinski definition) is 7. The van der Waals surface area contributed by atoms with E-state index < -0.39 is 9.84 Å². The number of anilines is 1. The van der Waals surface area contributed by atoms with E-state index in [4.69, 9.17) is 11.6 Å². The number of pyridine rings is 1. The lowest BCUT2D eigenvalue weighted by molar-refractivity contribution is 0.591. The molecule has 0 aliphatic carbocycles. The summed E-state index contributed by atoms with van der Waals surface area (Å²) in [6.07, 6.45) is 6.28. The molecule has 118 valence electrons. The van der Waals surface area contributed by atoms with E-state index in [1.54, 1.807) is 24.3 Å². The van der Waals surface area contributed by atoms with Crippen LogP contribution in [0.15, 0.2) is 29.7 Å². The Morgan fingerprint density at radius 3 is 2.50 bits per heavy atom. The van der Waals surface area contributed by atoms with Crippen molar-refractivity contribution in [2.45, 2.75) is 18.0 Å². The van der Waals surface area contributed by atoms with Gasteiger partial charge in [-0.2, -0.15) is 15.0 Å². The van der Waals surface area contributed by atoms with Gasteiger partial charge < -0.3 is 4.90 Å². The van der Waals surface area contributed by atoms with Crippen LogP contribution >= 0.6 is 11.6 Å². The molecule has 0 N–H and O–H groups in total. The number of halogens is 1. The third-order valence-electron chi connectivity index (χ3n) is 2.96. The van der Waals surface area contributed by atoms with Crippen LogP contribution in [0.2, 0.25) is 5.28 Å². The van der Waals surface area contributed by atoms with E-state index in [9.17, 15) is 8.42 Å². The van der Waals surface area contributed by atoms with E-state index in [0.29, 0.717) is 6.54 Å².